The van der Waals surface area contributed by atoms with E-state index in [0.717, 1.165) is 31.4 Å². The van der Waals surface area contributed by atoms with E-state index in [4.69, 9.17) is 0 Å². The van der Waals surface area contributed by atoms with Crippen molar-refractivity contribution in [3.63, 3.8) is 0 Å². The monoisotopic (exact) mass is 342 g/mol. The summed E-state index contributed by atoms with van der Waals surface area (Å²) in [6, 6.07) is 8.53. The molecule has 0 radical (unpaired) electrons. The fourth-order valence-electron chi connectivity index (χ4n) is 4.56. The molecular weight excluding hydrogens is 312 g/mol. The second kappa shape index (κ2) is 8.03. The fourth-order valence-corrected chi connectivity index (χ4v) is 4.56. The zero-order valence-electron chi connectivity index (χ0n) is 15.5. The Kier molecular flexibility index (Phi) is 5.77. The van der Waals surface area contributed by atoms with Gasteiger partial charge in [0.1, 0.15) is 0 Å². The van der Waals surface area contributed by atoms with Gasteiger partial charge in [-0.3, -0.25) is 9.59 Å². The second-order valence-corrected chi connectivity index (χ2v) is 7.35. The SMILES string of the molecule is CCN(C(=O)CC1c2ccccc2CCN1C(C)=O)C1CCCCC1. The van der Waals surface area contributed by atoms with Crippen LogP contribution in [0.1, 0.15) is 69.5 Å². The molecule has 1 unspecified atom stereocenters. The Bertz CT molecular complexity index is 622. The Labute approximate surface area is 151 Å². The van der Waals surface area contributed by atoms with Crippen LogP contribution in [0.3, 0.4) is 0 Å². The van der Waals surface area contributed by atoms with Crippen molar-refractivity contribution in [2.45, 2.75) is 70.9 Å². The summed E-state index contributed by atoms with van der Waals surface area (Å²) < 4.78 is 0. The zero-order valence-corrected chi connectivity index (χ0v) is 15.5. The van der Waals surface area contributed by atoms with E-state index in [0.29, 0.717) is 19.0 Å². The highest BCUT2D eigenvalue weighted by Crippen LogP contribution is 2.33. The highest BCUT2D eigenvalue weighted by atomic mass is 16.2. The molecule has 2 aliphatic rings. The number of amides is 2. The van der Waals surface area contributed by atoms with Gasteiger partial charge in [0.25, 0.3) is 0 Å². The quantitative estimate of drug-likeness (QED) is 0.837. The largest absolute Gasteiger partial charge is 0.340 e. The molecule has 1 aromatic carbocycles. The number of rotatable bonds is 4. The van der Waals surface area contributed by atoms with Gasteiger partial charge in [-0.1, -0.05) is 43.5 Å². The smallest absolute Gasteiger partial charge is 0.225 e. The summed E-state index contributed by atoms with van der Waals surface area (Å²) in [5.41, 5.74) is 2.43. The lowest BCUT2D eigenvalue weighted by atomic mass is 9.89. The van der Waals surface area contributed by atoms with Gasteiger partial charge in [-0.15, -0.1) is 0 Å². The van der Waals surface area contributed by atoms with Gasteiger partial charge in [-0.25, -0.2) is 0 Å². The van der Waals surface area contributed by atoms with Crippen LogP contribution in [-0.4, -0.2) is 40.7 Å². The Morgan fingerprint density at radius 1 is 1.16 bits per heavy atom. The van der Waals surface area contributed by atoms with E-state index in [1.807, 2.05) is 17.0 Å². The van der Waals surface area contributed by atoms with Gasteiger partial charge in [0.05, 0.1) is 12.5 Å². The van der Waals surface area contributed by atoms with Crippen LogP contribution in [0.5, 0.6) is 0 Å². The first-order valence-electron chi connectivity index (χ1n) is 9.76. The molecular formula is C21H30N2O2. The van der Waals surface area contributed by atoms with Crippen LogP contribution in [0.4, 0.5) is 0 Å². The number of carbonyl (C=O) groups excluding carboxylic acids is 2. The van der Waals surface area contributed by atoms with E-state index in [9.17, 15) is 9.59 Å². The lowest BCUT2D eigenvalue weighted by Gasteiger charge is -2.39. The van der Waals surface area contributed by atoms with Crippen LogP contribution in [0, 0.1) is 0 Å². The summed E-state index contributed by atoms with van der Waals surface area (Å²) in [6.07, 6.45) is 7.26. The van der Waals surface area contributed by atoms with Crippen LogP contribution >= 0.6 is 0 Å². The molecule has 1 saturated carbocycles. The normalized spacial score (nSPS) is 20.9. The predicted octanol–water partition coefficient (Wildman–Crippen LogP) is 3.70. The van der Waals surface area contributed by atoms with Crippen molar-refractivity contribution < 1.29 is 9.59 Å². The molecule has 2 amide bonds. The summed E-state index contributed by atoms with van der Waals surface area (Å²) >= 11 is 0. The Balaban J connectivity index is 1.80. The molecule has 1 aliphatic heterocycles. The number of hydrogen-bond donors (Lipinski definition) is 0. The molecule has 4 nitrogen and oxygen atoms in total. The van der Waals surface area contributed by atoms with Crippen LogP contribution < -0.4 is 0 Å². The Morgan fingerprint density at radius 3 is 2.56 bits per heavy atom. The minimum atomic E-state index is -0.118. The first-order valence-corrected chi connectivity index (χ1v) is 9.76. The van der Waals surface area contributed by atoms with Crippen LogP contribution in [0.25, 0.3) is 0 Å². The maximum atomic E-state index is 13.1. The third-order valence-electron chi connectivity index (χ3n) is 5.86. The first-order chi connectivity index (χ1) is 12.1. The number of nitrogens with zero attached hydrogens (tertiary/aromatic N) is 2. The average Bonchev–Trinajstić information content (AvgIpc) is 2.63. The predicted molar refractivity (Wildman–Crippen MR) is 99.2 cm³/mol. The van der Waals surface area contributed by atoms with Crippen molar-refractivity contribution >= 4 is 11.8 Å². The van der Waals surface area contributed by atoms with Gasteiger partial charge < -0.3 is 9.80 Å². The van der Waals surface area contributed by atoms with Crippen molar-refractivity contribution in [1.82, 2.24) is 9.80 Å². The Hall–Kier alpha value is -1.84. The average molecular weight is 342 g/mol. The van der Waals surface area contributed by atoms with Crippen molar-refractivity contribution in [1.29, 1.82) is 0 Å². The molecule has 0 saturated heterocycles. The summed E-state index contributed by atoms with van der Waals surface area (Å²) in [5.74, 6) is 0.260. The molecule has 136 valence electrons. The third kappa shape index (κ3) is 3.88. The maximum absolute atomic E-state index is 13.1. The topological polar surface area (TPSA) is 40.6 Å². The van der Waals surface area contributed by atoms with Gasteiger partial charge in [0.15, 0.2) is 0 Å². The molecule has 1 aliphatic carbocycles. The first kappa shape index (κ1) is 18.0. The molecule has 1 fully saturated rings. The van der Waals surface area contributed by atoms with Gasteiger partial charge >= 0.3 is 0 Å². The summed E-state index contributed by atoms with van der Waals surface area (Å²) in [6.45, 7) is 5.16. The van der Waals surface area contributed by atoms with Crippen LogP contribution in [0.15, 0.2) is 24.3 Å². The Morgan fingerprint density at radius 2 is 1.88 bits per heavy atom. The zero-order chi connectivity index (χ0) is 17.8. The molecule has 4 heteroatoms. The van der Waals surface area contributed by atoms with E-state index < -0.39 is 0 Å². The van der Waals surface area contributed by atoms with Gasteiger partial charge in [-0.05, 0) is 37.3 Å². The van der Waals surface area contributed by atoms with E-state index in [1.165, 1.54) is 24.8 Å². The summed E-state index contributed by atoms with van der Waals surface area (Å²) in [4.78, 5) is 29.2. The van der Waals surface area contributed by atoms with Crippen molar-refractivity contribution in [2.75, 3.05) is 13.1 Å². The highest BCUT2D eigenvalue weighted by Gasteiger charge is 2.33. The van der Waals surface area contributed by atoms with E-state index in [-0.39, 0.29) is 17.9 Å². The third-order valence-corrected chi connectivity index (χ3v) is 5.86. The number of carbonyl (C=O) groups is 2. The molecule has 0 spiro atoms. The van der Waals surface area contributed by atoms with E-state index >= 15 is 0 Å². The van der Waals surface area contributed by atoms with E-state index in [2.05, 4.69) is 24.0 Å². The molecule has 0 aromatic heterocycles. The fraction of sp³-hybridized carbons (Fsp3) is 0.619. The molecule has 1 aromatic rings. The molecule has 1 atom stereocenters. The van der Waals surface area contributed by atoms with Crippen molar-refractivity contribution in [3.05, 3.63) is 35.4 Å². The minimum absolute atomic E-state index is 0.0630. The molecule has 25 heavy (non-hydrogen) atoms. The van der Waals surface area contributed by atoms with Crippen molar-refractivity contribution in [3.8, 4) is 0 Å². The molecule has 3 rings (SSSR count). The highest BCUT2D eigenvalue weighted by molar-refractivity contribution is 5.80. The minimum Gasteiger partial charge on any atom is -0.340 e. The number of hydrogen-bond acceptors (Lipinski definition) is 2. The lowest BCUT2D eigenvalue weighted by Crippen LogP contribution is -2.45. The van der Waals surface area contributed by atoms with Crippen LogP contribution in [0.2, 0.25) is 0 Å². The molecule has 1 heterocycles. The molecule has 0 N–H and O–H groups in total. The summed E-state index contributed by atoms with van der Waals surface area (Å²) in [7, 11) is 0. The lowest BCUT2D eigenvalue weighted by molar-refractivity contribution is -0.138. The maximum Gasteiger partial charge on any atom is 0.225 e. The van der Waals surface area contributed by atoms with Crippen molar-refractivity contribution in [2.24, 2.45) is 0 Å². The number of benzene rings is 1. The van der Waals surface area contributed by atoms with E-state index in [1.54, 1.807) is 6.92 Å². The second-order valence-electron chi connectivity index (χ2n) is 7.35. The molecule has 0 bridgehead atoms. The van der Waals surface area contributed by atoms with Gasteiger partial charge in [-0.2, -0.15) is 0 Å². The number of fused-ring (bicyclic) bond motifs is 1. The van der Waals surface area contributed by atoms with Gasteiger partial charge in [0, 0.05) is 26.1 Å². The summed E-state index contributed by atoms with van der Waals surface area (Å²) in [5, 5.41) is 0. The van der Waals surface area contributed by atoms with Gasteiger partial charge in [0.2, 0.25) is 11.8 Å². The van der Waals surface area contributed by atoms with Crippen LogP contribution in [-0.2, 0) is 16.0 Å². The standard InChI is InChI=1S/C21H30N2O2/c1-3-22(18-10-5-4-6-11-18)21(25)15-20-19-12-8-7-9-17(19)13-14-23(20)16(2)24/h7-9,12,18,20H,3-6,10-11,13-15H2,1-2H3.